The van der Waals surface area contributed by atoms with E-state index >= 15 is 0 Å². The molecule has 0 spiro atoms. The number of hydrogen-bond donors (Lipinski definition) is 6. The second kappa shape index (κ2) is 36.5. The quantitative estimate of drug-likeness (QED) is 0.0273. The Morgan fingerprint density at radius 3 is 1.53 bits per heavy atom. The molecule has 0 aromatic heterocycles. The summed E-state index contributed by atoms with van der Waals surface area (Å²) in [5.74, 6) is -0.198. The van der Waals surface area contributed by atoms with Gasteiger partial charge in [0.1, 0.15) is 24.4 Å². The van der Waals surface area contributed by atoms with Crippen LogP contribution in [0.5, 0.6) is 0 Å². The maximum absolute atomic E-state index is 12.9. The number of amides is 1. The summed E-state index contributed by atoms with van der Waals surface area (Å²) < 4.78 is 11.2. The van der Waals surface area contributed by atoms with Crippen molar-refractivity contribution in [2.24, 2.45) is 0 Å². The predicted octanol–water partition coefficient (Wildman–Crippen LogP) is 9.06. The van der Waals surface area contributed by atoms with Crippen molar-refractivity contribution in [3.05, 3.63) is 48.6 Å². The lowest BCUT2D eigenvalue weighted by Gasteiger charge is -2.40. The highest BCUT2D eigenvalue weighted by Gasteiger charge is 2.44. The number of aliphatic hydroxyl groups excluding tert-OH is 5. The van der Waals surface area contributed by atoms with E-state index in [9.17, 15) is 30.3 Å². The van der Waals surface area contributed by atoms with Crippen LogP contribution in [0.25, 0.3) is 0 Å². The molecule has 0 radical (unpaired) electrons. The molecule has 320 valence electrons. The standard InChI is InChI=1S/C46H83NO8/c1-3-5-7-9-11-13-15-17-19-20-22-24-26-28-30-32-34-36-42(50)47-39(38-54-46-45(53)44(52)43(51)41(37-48)55-46)40(49)35-33-31-29-27-25-23-21-18-16-14-12-10-8-6-4-2/h16-19,25,27,33,35,39-41,43-46,48-49,51-53H,3-15,20-24,26,28-32,34,36-38H2,1-2H3,(H,47,50)/b18-16+,19-17-,27-25+,35-33+. The Morgan fingerprint density at radius 2 is 1.04 bits per heavy atom. The van der Waals surface area contributed by atoms with Gasteiger partial charge in [-0.3, -0.25) is 4.79 Å². The molecule has 1 aliphatic heterocycles. The molecule has 9 heteroatoms. The fourth-order valence-electron chi connectivity index (χ4n) is 6.71. The molecule has 1 amide bonds. The van der Waals surface area contributed by atoms with Crippen LogP contribution in [0.2, 0.25) is 0 Å². The monoisotopic (exact) mass is 778 g/mol. The smallest absolute Gasteiger partial charge is 0.220 e. The summed E-state index contributed by atoms with van der Waals surface area (Å²) in [5.41, 5.74) is 0. The van der Waals surface area contributed by atoms with Gasteiger partial charge in [-0.15, -0.1) is 0 Å². The van der Waals surface area contributed by atoms with E-state index in [4.69, 9.17) is 9.47 Å². The van der Waals surface area contributed by atoms with Crippen LogP contribution >= 0.6 is 0 Å². The Labute approximate surface area is 335 Å². The average molecular weight is 778 g/mol. The second-order valence-electron chi connectivity index (χ2n) is 15.5. The first-order chi connectivity index (χ1) is 26.8. The van der Waals surface area contributed by atoms with E-state index < -0.39 is 49.5 Å². The molecule has 0 aliphatic carbocycles. The molecule has 1 rings (SSSR count). The molecule has 7 atom stereocenters. The highest BCUT2D eigenvalue weighted by Crippen LogP contribution is 2.22. The molecule has 0 bridgehead atoms. The topological polar surface area (TPSA) is 149 Å². The molecule has 1 aliphatic rings. The molecule has 9 nitrogen and oxygen atoms in total. The van der Waals surface area contributed by atoms with Crippen molar-refractivity contribution < 1.29 is 39.8 Å². The van der Waals surface area contributed by atoms with E-state index in [0.29, 0.717) is 6.42 Å². The number of unbranched alkanes of at least 4 members (excludes halogenated alkanes) is 20. The molecule has 0 aromatic rings. The zero-order valence-electron chi connectivity index (χ0n) is 34.9. The zero-order valence-corrected chi connectivity index (χ0v) is 34.9. The molecule has 0 saturated carbocycles. The van der Waals surface area contributed by atoms with Gasteiger partial charge in [0, 0.05) is 6.42 Å². The largest absolute Gasteiger partial charge is 0.394 e. The molecular formula is C46H83NO8. The van der Waals surface area contributed by atoms with Gasteiger partial charge in [0.25, 0.3) is 0 Å². The number of rotatable bonds is 36. The van der Waals surface area contributed by atoms with Crippen molar-refractivity contribution in [2.45, 2.75) is 224 Å². The van der Waals surface area contributed by atoms with Crippen molar-refractivity contribution in [1.29, 1.82) is 0 Å². The third-order valence-corrected chi connectivity index (χ3v) is 10.4. The van der Waals surface area contributed by atoms with Gasteiger partial charge < -0.3 is 40.3 Å². The maximum atomic E-state index is 12.9. The minimum atomic E-state index is -1.57. The minimum absolute atomic E-state index is 0.198. The van der Waals surface area contributed by atoms with Gasteiger partial charge in [0.15, 0.2) is 6.29 Å². The highest BCUT2D eigenvalue weighted by molar-refractivity contribution is 5.76. The number of nitrogens with one attached hydrogen (secondary N) is 1. The summed E-state index contributed by atoms with van der Waals surface area (Å²) in [6.07, 6.45) is 38.6. The van der Waals surface area contributed by atoms with Gasteiger partial charge >= 0.3 is 0 Å². The fraction of sp³-hybridized carbons (Fsp3) is 0.804. The first kappa shape index (κ1) is 51.2. The van der Waals surface area contributed by atoms with Crippen molar-refractivity contribution in [3.63, 3.8) is 0 Å². The average Bonchev–Trinajstić information content (AvgIpc) is 3.18. The predicted molar refractivity (Wildman–Crippen MR) is 226 cm³/mol. The van der Waals surface area contributed by atoms with Gasteiger partial charge in [-0.05, 0) is 70.6 Å². The van der Waals surface area contributed by atoms with Gasteiger partial charge in [-0.2, -0.15) is 0 Å². The van der Waals surface area contributed by atoms with E-state index in [2.05, 4.69) is 55.6 Å². The molecule has 1 fully saturated rings. The van der Waals surface area contributed by atoms with Crippen molar-refractivity contribution >= 4 is 5.91 Å². The van der Waals surface area contributed by atoms with E-state index in [1.807, 2.05) is 6.08 Å². The summed E-state index contributed by atoms with van der Waals surface area (Å²) in [6, 6.07) is -0.829. The molecule has 55 heavy (non-hydrogen) atoms. The normalized spacial score (nSPS) is 21.8. The molecule has 1 saturated heterocycles. The van der Waals surface area contributed by atoms with Crippen LogP contribution < -0.4 is 5.32 Å². The molecule has 6 N–H and O–H groups in total. The van der Waals surface area contributed by atoms with Crippen LogP contribution in [0.3, 0.4) is 0 Å². The van der Waals surface area contributed by atoms with Gasteiger partial charge in [-0.25, -0.2) is 0 Å². The lowest BCUT2D eigenvalue weighted by Crippen LogP contribution is -2.60. The summed E-state index contributed by atoms with van der Waals surface area (Å²) in [7, 11) is 0. The van der Waals surface area contributed by atoms with Crippen LogP contribution in [0.4, 0.5) is 0 Å². The van der Waals surface area contributed by atoms with Crippen LogP contribution in [0, 0.1) is 0 Å². The first-order valence-electron chi connectivity index (χ1n) is 22.4. The lowest BCUT2D eigenvalue weighted by molar-refractivity contribution is -0.302. The molecule has 0 aromatic carbocycles. The van der Waals surface area contributed by atoms with Gasteiger partial charge in [-0.1, -0.05) is 152 Å². The molecule has 1 heterocycles. The lowest BCUT2D eigenvalue weighted by atomic mass is 9.99. The Morgan fingerprint density at radius 1 is 0.600 bits per heavy atom. The summed E-state index contributed by atoms with van der Waals surface area (Å²) in [6.45, 7) is 3.71. The number of hydrogen-bond acceptors (Lipinski definition) is 8. The number of carbonyl (C=O) groups is 1. The zero-order chi connectivity index (χ0) is 40.2. The third-order valence-electron chi connectivity index (χ3n) is 10.4. The van der Waals surface area contributed by atoms with E-state index in [0.717, 1.165) is 64.2 Å². The van der Waals surface area contributed by atoms with Crippen LogP contribution in [0.15, 0.2) is 48.6 Å². The van der Waals surface area contributed by atoms with Crippen LogP contribution in [0.1, 0.15) is 181 Å². The SMILES string of the molecule is CCCCCCC/C=C/CC/C=C/CC/C=C/C(O)C(COC1OC(CO)C(O)C(O)C1O)NC(=O)CCCCCCCCC/C=C\CCCCCCCC. The number of carbonyl (C=O) groups excluding carboxylic acids is 1. The Bertz CT molecular complexity index is 998. The Kier molecular flexibility index (Phi) is 33.9. The third kappa shape index (κ3) is 27.4. The minimum Gasteiger partial charge on any atom is -0.394 e. The second-order valence-corrected chi connectivity index (χ2v) is 15.5. The van der Waals surface area contributed by atoms with Crippen molar-refractivity contribution in [1.82, 2.24) is 5.32 Å². The number of allylic oxidation sites excluding steroid dienone is 7. The molecular weight excluding hydrogens is 695 g/mol. The Hall–Kier alpha value is -1.85. The maximum Gasteiger partial charge on any atom is 0.220 e. The highest BCUT2D eigenvalue weighted by atomic mass is 16.7. The van der Waals surface area contributed by atoms with Gasteiger partial charge in [0.05, 0.1) is 25.4 Å². The van der Waals surface area contributed by atoms with E-state index in [1.54, 1.807) is 6.08 Å². The van der Waals surface area contributed by atoms with Crippen LogP contribution in [-0.2, 0) is 14.3 Å². The number of aliphatic hydroxyl groups is 5. The van der Waals surface area contributed by atoms with Gasteiger partial charge in [0.2, 0.25) is 5.91 Å². The Balaban J connectivity index is 2.42. The summed E-state index contributed by atoms with van der Waals surface area (Å²) in [5, 5.41) is 54.1. The fourth-order valence-corrected chi connectivity index (χ4v) is 6.71. The van der Waals surface area contributed by atoms with E-state index in [1.165, 1.54) is 96.3 Å². The first-order valence-corrected chi connectivity index (χ1v) is 22.4. The van der Waals surface area contributed by atoms with E-state index in [-0.39, 0.29) is 12.5 Å². The number of ether oxygens (including phenoxy) is 2. The van der Waals surface area contributed by atoms with Crippen molar-refractivity contribution in [3.8, 4) is 0 Å². The van der Waals surface area contributed by atoms with Crippen LogP contribution in [-0.4, -0.2) is 87.5 Å². The summed E-state index contributed by atoms with van der Waals surface area (Å²) in [4.78, 5) is 12.9. The summed E-state index contributed by atoms with van der Waals surface area (Å²) >= 11 is 0. The molecule has 7 unspecified atom stereocenters. The van der Waals surface area contributed by atoms with Crippen molar-refractivity contribution in [2.75, 3.05) is 13.2 Å².